The first-order chi connectivity index (χ1) is 13.5. The lowest BCUT2D eigenvalue weighted by Gasteiger charge is -2.24. The largest absolute Gasteiger partial charge is 0.467 e. The summed E-state index contributed by atoms with van der Waals surface area (Å²) < 4.78 is 16.7. The van der Waals surface area contributed by atoms with E-state index in [1.807, 2.05) is 0 Å². The van der Waals surface area contributed by atoms with Crippen molar-refractivity contribution >= 4 is 40.1 Å². The lowest BCUT2D eigenvalue weighted by atomic mass is 10.2. The fourth-order valence-electron chi connectivity index (χ4n) is 3.29. The van der Waals surface area contributed by atoms with Crippen LogP contribution in [0.5, 0.6) is 0 Å². The zero-order valence-corrected chi connectivity index (χ0v) is 16.3. The van der Waals surface area contributed by atoms with Gasteiger partial charge >= 0.3 is 0 Å². The van der Waals surface area contributed by atoms with Crippen LogP contribution in [0.1, 0.15) is 29.2 Å². The zero-order chi connectivity index (χ0) is 19.7. The zero-order valence-electron chi connectivity index (χ0n) is 14.8. The Morgan fingerprint density at radius 1 is 1.25 bits per heavy atom. The second kappa shape index (κ2) is 7.99. The Morgan fingerprint density at radius 2 is 2.11 bits per heavy atom. The van der Waals surface area contributed by atoms with E-state index in [2.05, 4.69) is 0 Å². The molecule has 1 atom stereocenters. The molecule has 8 heteroatoms. The molecule has 1 unspecified atom stereocenters. The van der Waals surface area contributed by atoms with Crippen LogP contribution in [0.3, 0.4) is 0 Å². The summed E-state index contributed by atoms with van der Waals surface area (Å²) in [5.41, 5.74) is -0.249. The summed E-state index contributed by atoms with van der Waals surface area (Å²) in [7, 11) is 0. The number of hydrogen-bond acceptors (Lipinski definition) is 5. The number of carbonyl (C=O) groups is 1. The summed E-state index contributed by atoms with van der Waals surface area (Å²) in [6.07, 6.45) is 3.31. The molecule has 0 aliphatic carbocycles. The molecule has 3 heterocycles. The van der Waals surface area contributed by atoms with Gasteiger partial charge in [0, 0.05) is 24.2 Å². The summed E-state index contributed by atoms with van der Waals surface area (Å²) in [6.45, 7) is 1.28. The first-order valence-corrected chi connectivity index (χ1v) is 9.63. The highest BCUT2D eigenvalue weighted by molar-refractivity contribution is 6.38. The topological polar surface area (TPSA) is 72.9 Å². The highest BCUT2D eigenvalue weighted by Crippen LogP contribution is 2.27. The molecule has 1 aliphatic rings. The van der Waals surface area contributed by atoms with Gasteiger partial charge in [-0.1, -0.05) is 23.2 Å². The van der Waals surface area contributed by atoms with Gasteiger partial charge < -0.3 is 18.5 Å². The molecular weight excluding hydrogens is 405 g/mol. The van der Waals surface area contributed by atoms with Gasteiger partial charge in [0.2, 0.25) is 0 Å². The normalized spacial score (nSPS) is 16.6. The molecule has 2 aromatic heterocycles. The van der Waals surface area contributed by atoms with E-state index >= 15 is 0 Å². The van der Waals surface area contributed by atoms with Gasteiger partial charge in [-0.25, -0.2) is 0 Å². The van der Waals surface area contributed by atoms with E-state index in [0.717, 1.165) is 12.8 Å². The highest BCUT2D eigenvalue weighted by Gasteiger charge is 2.26. The second-order valence-corrected chi connectivity index (χ2v) is 7.48. The van der Waals surface area contributed by atoms with Crippen LogP contribution in [-0.4, -0.2) is 30.1 Å². The number of amides is 1. The third-order valence-corrected chi connectivity index (χ3v) is 5.12. The number of nitrogens with zero attached hydrogens (tertiary/aromatic N) is 1. The lowest BCUT2D eigenvalue weighted by Crippen LogP contribution is -2.37. The van der Waals surface area contributed by atoms with Crippen molar-refractivity contribution in [2.24, 2.45) is 0 Å². The van der Waals surface area contributed by atoms with Crippen LogP contribution in [0.4, 0.5) is 0 Å². The van der Waals surface area contributed by atoms with E-state index in [0.29, 0.717) is 23.9 Å². The fourth-order valence-corrected chi connectivity index (χ4v) is 3.82. The third-order valence-electron chi connectivity index (χ3n) is 4.62. The number of halogens is 2. The first kappa shape index (κ1) is 19.1. The van der Waals surface area contributed by atoms with Crippen molar-refractivity contribution in [3.63, 3.8) is 0 Å². The predicted molar refractivity (Wildman–Crippen MR) is 105 cm³/mol. The Hall–Kier alpha value is -2.28. The number of rotatable bonds is 5. The van der Waals surface area contributed by atoms with Gasteiger partial charge in [0.1, 0.15) is 5.76 Å². The Kier molecular flexibility index (Phi) is 5.44. The second-order valence-electron chi connectivity index (χ2n) is 6.64. The molecule has 1 amide bonds. The molecule has 146 valence electrons. The van der Waals surface area contributed by atoms with E-state index in [1.54, 1.807) is 23.3 Å². The van der Waals surface area contributed by atoms with Crippen molar-refractivity contribution in [2.75, 3.05) is 13.2 Å². The van der Waals surface area contributed by atoms with Crippen molar-refractivity contribution in [3.8, 4) is 0 Å². The van der Waals surface area contributed by atoms with Crippen molar-refractivity contribution in [1.82, 2.24) is 4.90 Å². The molecule has 6 nitrogen and oxygen atoms in total. The molecular formula is C20H17Cl2NO5. The van der Waals surface area contributed by atoms with Crippen molar-refractivity contribution < 1.29 is 18.4 Å². The van der Waals surface area contributed by atoms with Crippen molar-refractivity contribution in [3.05, 3.63) is 68.4 Å². The number of ether oxygens (including phenoxy) is 1. The van der Waals surface area contributed by atoms with Crippen molar-refractivity contribution in [1.29, 1.82) is 0 Å². The van der Waals surface area contributed by atoms with Gasteiger partial charge in [-0.15, -0.1) is 0 Å². The molecule has 28 heavy (non-hydrogen) atoms. The minimum atomic E-state index is -0.433. The standard InChI is InChI=1S/C20H17Cl2NO5/c21-12-7-15-17(24)9-18(28-19(15)16(22)8-12)20(25)23(10-13-3-1-5-26-13)11-14-4-2-6-27-14/h1,3,5,7-9,14H,2,4,6,10-11H2. The Bertz CT molecular complexity index is 1050. The molecule has 1 fully saturated rings. The summed E-state index contributed by atoms with van der Waals surface area (Å²) >= 11 is 12.1. The van der Waals surface area contributed by atoms with E-state index < -0.39 is 5.91 Å². The van der Waals surface area contributed by atoms with Gasteiger partial charge in [0.25, 0.3) is 5.91 Å². The Balaban J connectivity index is 1.69. The molecule has 3 aromatic rings. The van der Waals surface area contributed by atoms with Crippen LogP contribution >= 0.6 is 23.2 Å². The van der Waals surface area contributed by atoms with E-state index in [9.17, 15) is 9.59 Å². The highest BCUT2D eigenvalue weighted by atomic mass is 35.5. The van der Waals surface area contributed by atoms with E-state index in [-0.39, 0.29) is 39.8 Å². The van der Waals surface area contributed by atoms with Crippen LogP contribution in [0.15, 0.2) is 50.2 Å². The average molecular weight is 422 g/mol. The molecule has 0 spiro atoms. The predicted octanol–water partition coefficient (Wildman–Crippen LogP) is 4.51. The minimum absolute atomic E-state index is 0.0616. The average Bonchev–Trinajstić information content (AvgIpc) is 3.35. The number of hydrogen-bond donors (Lipinski definition) is 0. The minimum Gasteiger partial charge on any atom is -0.467 e. The molecule has 0 saturated carbocycles. The van der Waals surface area contributed by atoms with E-state index in [1.165, 1.54) is 18.2 Å². The number of furan rings is 1. The van der Waals surface area contributed by atoms with Gasteiger partial charge in [-0.05, 0) is 37.1 Å². The van der Waals surface area contributed by atoms with Gasteiger partial charge in [-0.3, -0.25) is 9.59 Å². The molecule has 0 N–H and O–H groups in total. The smallest absolute Gasteiger partial charge is 0.290 e. The maximum atomic E-state index is 13.2. The van der Waals surface area contributed by atoms with E-state index in [4.69, 9.17) is 36.8 Å². The number of carbonyl (C=O) groups excluding carboxylic acids is 1. The third kappa shape index (κ3) is 3.94. The van der Waals surface area contributed by atoms with Crippen LogP contribution in [0.2, 0.25) is 10.0 Å². The Labute approximate surface area is 170 Å². The summed E-state index contributed by atoms with van der Waals surface area (Å²) in [5.74, 6) is 0.0995. The van der Waals surface area contributed by atoms with Gasteiger partial charge in [0.05, 0.1) is 29.3 Å². The summed E-state index contributed by atoms with van der Waals surface area (Å²) in [5, 5.41) is 0.721. The fraction of sp³-hybridized carbons (Fsp3) is 0.300. The molecule has 1 aromatic carbocycles. The maximum absolute atomic E-state index is 13.2. The van der Waals surface area contributed by atoms with Crippen molar-refractivity contribution in [2.45, 2.75) is 25.5 Å². The molecule has 0 bridgehead atoms. The number of benzene rings is 1. The van der Waals surface area contributed by atoms with Crippen LogP contribution in [0.25, 0.3) is 11.0 Å². The first-order valence-electron chi connectivity index (χ1n) is 8.87. The molecule has 1 saturated heterocycles. The lowest BCUT2D eigenvalue weighted by molar-refractivity contribution is 0.0469. The number of fused-ring (bicyclic) bond motifs is 1. The molecule has 1 aliphatic heterocycles. The van der Waals surface area contributed by atoms with Crippen LogP contribution < -0.4 is 5.43 Å². The summed E-state index contributed by atoms with van der Waals surface area (Å²) in [6, 6.07) is 7.64. The Morgan fingerprint density at radius 3 is 2.82 bits per heavy atom. The quantitative estimate of drug-likeness (QED) is 0.605. The van der Waals surface area contributed by atoms with Crippen LogP contribution in [0, 0.1) is 0 Å². The van der Waals surface area contributed by atoms with Crippen LogP contribution in [-0.2, 0) is 11.3 Å². The SMILES string of the molecule is O=C(c1cc(=O)c2cc(Cl)cc(Cl)c2o1)N(Cc1ccco1)CC1CCCO1. The van der Waals surface area contributed by atoms with Gasteiger partial charge in [0.15, 0.2) is 16.8 Å². The van der Waals surface area contributed by atoms with Gasteiger partial charge in [-0.2, -0.15) is 0 Å². The monoisotopic (exact) mass is 421 g/mol. The molecule has 4 rings (SSSR count). The molecule has 0 radical (unpaired) electrons. The maximum Gasteiger partial charge on any atom is 0.290 e. The summed E-state index contributed by atoms with van der Waals surface area (Å²) in [4.78, 5) is 27.2.